The van der Waals surface area contributed by atoms with Crippen molar-refractivity contribution in [1.82, 2.24) is 20.4 Å². The summed E-state index contributed by atoms with van der Waals surface area (Å²) in [5.41, 5.74) is 0.714. The number of rotatable bonds is 6. The highest BCUT2D eigenvalue weighted by molar-refractivity contribution is 5.86. The molecule has 2 aromatic carbocycles. The molecule has 0 radical (unpaired) electrons. The van der Waals surface area contributed by atoms with Crippen LogP contribution in [0, 0.1) is 0 Å². The molecule has 5 nitrogen and oxygen atoms in total. The second kappa shape index (κ2) is 7.77. The Hall–Kier alpha value is -3.03. The second-order valence-corrected chi connectivity index (χ2v) is 7.20. The Kier molecular flexibility index (Phi) is 5.17. The van der Waals surface area contributed by atoms with Gasteiger partial charge >= 0.3 is 12.2 Å². The van der Waals surface area contributed by atoms with Crippen LogP contribution in [0.15, 0.2) is 48.5 Å². The number of benzene rings is 2. The Labute approximate surface area is 165 Å². The van der Waals surface area contributed by atoms with Gasteiger partial charge < -0.3 is 10.6 Å². The van der Waals surface area contributed by atoms with Crippen LogP contribution in [0.1, 0.15) is 35.7 Å². The Morgan fingerprint density at radius 2 is 1.86 bits per heavy atom. The number of carbonyl (C=O) groups excluding carboxylic acids is 1. The van der Waals surface area contributed by atoms with Crippen molar-refractivity contribution in [1.29, 1.82) is 0 Å². The van der Waals surface area contributed by atoms with Gasteiger partial charge in [0.25, 0.3) is 0 Å². The fourth-order valence-electron chi connectivity index (χ4n) is 3.42. The fourth-order valence-corrected chi connectivity index (χ4v) is 3.42. The summed E-state index contributed by atoms with van der Waals surface area (Å²) in [6.45, 7) is 0.754. The van der Waals surface area contributed by atoms with Crippen LogP contribution in [0.2, 0.25) is 0 Å². The smallest absolute Gasteiger partial charge is 0.336 e. The predicted molar refractivity (Wildman–Crippen MR) is 103 cm³/mol. The summed E-state index contributed by atoms with van der Waals surface area (Å²) < 4.78 is 40.2. The molecular weight excluding hydrogens is 381 g/mol. The third-order valence-electron chi connectivity index (χ3n) is 5.03. The molecule has 0 atom stereocenters. The van der Waals surface area contributed by atoms with Gasteiger partial charge in [-0.1, -0.05) is 42.5 Å². The van der Waals surface area contributed by atoms with Crippen molar-refractivity contribution in [2.24, 2.45) is 0 Å². The van der Waals surface area contributed by atoms with E-state index in [-0.39, 0.29) is 25.0 Å². The first kappa shape index (κ1) is 19.3. The number of amides is 2. The Morgan fingerprint density at radius 3 is 2.62 bits per heavy atom. The van der Waals surface area contributed by atoms with Crippen molar-refractivity contribution in [3.05, 3.63) is 65.5 Å². The molecule has 0 spiro atoms. The standard InChI is InChI=1S/C21H21F3N4O/c22-21(23,24)19-12-18(15-8-9-15)28(27-19)11-10-25-20(29)26-13-16-6-3-5-14-4-1-2-7-17(14)16/h1-7,12,15H,8-11,13H2,(H2,25,26,29). The first-order chi connectivity index (χ1) is 13.9. The van der Waals surface area contributed by atoms with E-state index in [1.165, 1.54) is 4.68 Å². The van der Waals surface area contributed by atoms with E-state index in [0.29, 0.717) is 12.2 Å². The van der Waals surface area contributed by atoms with E-state index < -0.39 is 11.9 Å². The molecule has 0 bridgehead atoms. The number of hydrogen-bond acceptors (Lipinski definition) is 2. The van der Waals surface area contributed by atoms with E-state index in [0.717, 1.165) is 35.2 Å². The first-order valence-corrected chi connectivity index (χ1v) is 9.55. The summed E-state index contributed by atoms with van der Waals surface area (Å²) >= 11 is 0. The summed E-state index contributed by atoms with van der Waals surface area (Å²) in [6, 6.07) is 14.6. The normalized spacial score (nSPS) is 14.2. The highest BCUT2D eigenvalue weighted by Crippen LogP contribution is 2.42. The number of urea groups is 1. The molecule has 0 aliphatic heterocycles. The molecule has 1 saturated carbocycles. The molecule has 29 heavy (non-hydrogen) atoms. The molecule has 1 heterocycles. The van der Waals surface area contributed by atoms with Crippen LogP contribution in [-0.4, -0.2) is 22.4 Å². The average Bonchev–Trinajstić information content (AvgIpc) is 3.45. The van der Waals surface area contributed by atoms with Gasteiger partial charge in [-0.05, 0) is 35.2 Å². The van der Waals surface area contributed by atoms with Gasteiger partial charge in [-0.15, -0.1) is 0 Å². The van der Waals surface area contributed by atoms with E-state index >= 15 is 0 Å². The SMILES string of the molecule is O=C(NCCn1nc(C(F)(F)F)cc1C1CC1)NCc1cccc2ccccc12. The van der Waals surface area contributed by atoms with Crippen LogP contribution in [-0.2, 0) is 19.3 Å². The van der Waals surface area contributed by atoms with Gasteiger partial charge in [0.15, 0.2) is 5.69 Å². The lowest BCUT2D eigenvalue weighted by Gasteiger charge is -2.11. The molecule has 4 rings (SSSR count). The van der Waals surface area contributed by atoms with E-state index in [4.69, 9.17) is 0 Å². The van der Waals surface area contributed by atoms with E-state index in [1.807, 2.05) is 42.5 Å². The van der Waals surface area contributed by atoms with Gasteiger partial charge in [-0.25, -0.2) is 4.79 Å². The average molecular weight is 402 g/mol. The summed E-state index contributed by atoms with van der Waals surface area (Å²) in [4.78, 5) is 12.1. The topological polar surface area (TPSA) is 59.0 Å². The zero-order valence-electron chi connectivity index (χ0n) is 15.7. The van der Waals surface area contributed by atoms with Crippen LogP contribution in [0.3, 0.4) is 0 Å². The maximum atomic E-state index is 12.9. The molecule has 1 aliphatic carbocycles. The van der Waals surface area contributed by atoms with Crippen molar-refractivity contribution < 1.29 is 18.0 Å². The third-order valence-corrected chi connectivity index (χ3v) is 5.03. The number of aromatic nitrogens is 2. The summed E-state index contributed by atoms with van der Waals surface area (Å²) in [5.74, 6) is 0.138. The van der Waals surface area contributed by atoms with Crippen molar-refractivity contribution in [2.75, 3.05) is 6.54 Å². The first-order valence-electron chi connectivity index (χ1n) is 9.55. The molecule has 3 aromatic rings. The molecule has 1 aromatic heterocycles. The minimum absolute atomic E-state index is 0.138. The maximum Gasteiger partial charge on any atom is 0.435 e. The van der Waals surface area contributed by atoms with E-state index in [2.05, 4.69) is 15.7 Å². The van der Waals surface area contributed by atoms with Crippen molar-refractivity contribution in [3.8, 4) is 0 Å². The molecule has 152 valence electrons. The van der Waals surface area contributed by atoms with E-state index in [1.54, 1.807) is 0 Å². The largest absolute Gasteiger partial charge is 0.435 e. The number of nitrogens with one attached hydrogen (secondary N) is 2. The maximum absolute atomic E-state index is 12.9. The zero-order valence-corrected chi connectivity index (χ0v) is 15.7. The molecular formula is C21H21F3N4O. The second-order valence-electron chi connectivity index (χ2n) is 7.20. The monoisotopic (exact) mass is 402 g/mol. The Morgan fingerprint density at radius 1 is 1.10 bits per heavy atom. The van der Waals surface area contributed by atoms with Crippen LogP contribution >= 0.6 is 0 Å². The van der Waals surface area contributed by atoms with Gasteiger partial charge in [0.2, 0.25) is 0 Å². The van der Waals surface area contributed by atoms with Gasteiger partial charge in [0.05, 0.1) is 6.54 Å². The number of carbonyl (C=O) groups is 1. The zero-order chi connectivity index (χ0) is 20.4. The van der Waals surface area contributed by atoms with Crippen molar-refractivity contribution >= 4 is 16.8 Å². The Bertz CT molecular complexity index is 1020. The number of fused-ring (bicyclic) bond motifs is 1. The molecule has 8 heteroatoms. The minimum atomic E-state index is -4.46. The number of halogens is 3. The number of nitrogens with zero attached hydrogens (tertiary/aromatic N) is 2. The molecule has 2 N–H and O–H groups in total. The Balaban J connectivity index is 1.32. The van der Waals surface area contributed by atoms with Crippen molar-refractivity contribution in [3.63, 3.8) is 0 Å². The van der Waals surface area contributed by atoms with Crippen LogP contribution < -0.4 is 10.6 Å². The highest BCUT2D eigenvalue weighted by Gasteiger charge is 2.37. The summed E-state index contributed by atoms with van der Waals surface area (Å²) in [6.07, 6.45) is -2.71. The van der Waals surface area contributed by atoms with Gasteiger partial charge in [0, 0.05) is 24.7 Å². The minimum Gasteiger partial charge on any atom is -0.336 e. The lowest BCUT2D eigenvalue weighted by atomic mass is 10.0. The van der Waals surface area contributed by atoms with Gasteiger partial charge in [-0.3, -0.25) is 4.68 Å². The molecule has 0 saturated heterocycles. The third kappa shape index (κ3) is 4.52. The molecule has 1 fully saturated rings. The molecule has 0 unspecified atom stereocenters. The molecule has 1 aliphatic rings. The van der Waals surface area contributed by atoms with Crippen molar-refractivity contribution in [2.45, 2.75) is 38.0 Å². The highest BCUT2D eigenvalue weighted by atomic mass is 19.4. The van der Waals surface area contributed by atoms with Gasteiger partial charge in [0.1, 0.15) is 0 Å². The summed E-state index contributed by atoms with van der Waals surface area (Å²) in [5, 5.41) is 11.3. The van der Waals surface area contributed by atoms with Crippen LogP contribution in [0.25, 0.3) is 10.8 Å². The fraction of sp³-hybridized carbons (Fsp3) is 0.333. The molecule has 2 amide bonds. The van der Waals surface area contributed by atoms with Crippen LogP contribution in [0.4, 0.5) is 18.0 Å². The quantitative estimate of drug-likeness (QED) is 0.641. The lowest BCUT2D eigenvalue weighted by Crippen LogP contribution is -2.37. The number of hydrogen-bond donors (Lipinski definition) is 2. The van der Waals surface area contributed by atoms with E-state index in [9.17, 15) is 18.0 Å². The number of alkyl halides is 3. The lowest BCUT2D eigenvalue weighted by molar-refractivity contribution is -0.141. The summed E-state index contributed by atoms with van der Waals surface area (Å²) in [7, 11) is 0. The van der Waals surface area contributed by atoms with Gasteiger partial charge in [-0.2, -0.15) is 18.3 Å². The van der Waals surface area contributed by atoms with Crippen LogP contribution in [0.5, 0.6) is 0 Å². The predicted octanol–water partition coefficient (Wildman–Crippen LogP) is 4.43.